The van der Waals surface area contributed by atoms with Gasteiger partial charge in [0.15, 0.2) is 0 Å². The molecule has 88 valence electrons. The Kier molecular flexibility index (Phi) is 14.1. The first-order chi connectivity index (χ1) is 6.74. The van der Waals surface area contributed by atoms with Crippen LogP contribution in [0.4, 0.5) is 0 Å². The Morgan fingerprint density at radius 1 is 1.13 bits per heavy atom. The summed E-state index contributed by atoms with van der Waals surface area (Å²) in [5, 5.41) is 3.21. The Bertz CT molecular complexity index is 136. The minimum atomic E-state index is -2.35. The van der Waals surface area contributed by atoms with Crippen molar-refractivity contribution in [2.24, 2.45) is 5.73 Å². The zero-order valence-corrected chi connectivity index (χ0v) is 13.3. The molecule has 0 aromatic rings. The Morgan fingerprint density at radius 3 is 2.07 bits per heavy atom. The molecule has 0 rings (SSSR count). The number of nitrogens with two attached hydrogens (primary N) is 1. The van der Waals surface area contributed by atoms with E-state index in [2.05, 4.69) is 5.32 Å². The molecule has 0 aliphatic carbocycles. The second-order valence-electron chi connectivity index (χ2n) is 2.94. The fourth-order valence-corrected chi connectivity index (χ4v) is 2.94. The fraction of sp³-hybridized carbons (Fsp3) is 1.00. The van der Waals surface area contributed by atoms with Crippen molar-refractivity contribution in [3.05, 3.63) is 0 Å². The number of hydrogen-bond acceptors (Lipinski definition) is 5. The first-order valence-corrected chi connectivity index (χ1v) is 6.74. The molecule has 0 fully saturated rings. The van der Waals surface area contributed by atoms with Crippen molar-refractivity contribution < 1.29 is 44.3 Å². The summed E-state index contributed by atoms with van der Waals surface area (Å²) in [7, 11) is 2.55. The van der Waals surface area contributed by atoms with Gasteiger partial charge in [-0.15, -0.1) is 0 Å². The van der Waals surface area contributed by atoms with Crippen molar-refractivity contribution >= 4 is 8.80 Å². The van der Waals surface area contributed by atoms with Crippen LogP contribution >= 0.6 is 0 Å². The summed E-state index contributed by atoms with van der Waals surface area (Å²) in [5.41, 5.74) is 5.35. The molecule has 0 heterocycles. The molecule has 5 nitrogen and oxygen atoms in total. The molecule has 0 aromatic carbocycles. The minimum Gasteiger partial charge on any atom is -1.00 e. The average Bonchev–Trinajstić information content (AvgIpc) is 2.24. The molecule has 0 aliphatic rings. The normalized spacial score (nSPS) is 11.2. The summed E-state index contributed by atoms with van der Waals surface area (Å²) in [5.74, 6) is 0. The van der Waals surface area contributed by atoms with E-state index in [0.717, 1.165) is 25.6 Å². The van der Waals surface area contributed by atoms with E-state index in [9.17, 15) is 0 Å². The van der Waals surface area contributed by atoms with Crippen LogP contribution in [0.25, 0.3) is 0 Å². The van der Waals surface area contributed by atoms with Crippen molar-refractivity contribution in [1.82, 2.24) is 5.32 Å². The molecule has 0 amide bonds. The molecule has 0 aliphatic heterocycles. The quantitative estimate of drug-likeness (QED) is 0.334. The molecule has 7 heteroatoms. The van der Waals surface area contributed by atoms with E-state index in [4.69, 9.17) is 19.0 Å². The predicted octanol–water partition coefficient (Wildman–Crippen LogP) is -3.08. The van der Waals surface area contributed by atoms with E-state index in [-0.39, 0.29) is 31.0 Å². The van der Waals surface area contributed by atoms with E-state index in [1.807, 2.05) is 0 Å². The van der Waals surface area contributed by atoms with Crippen molar-refractivity contribution in [3.63, 3.8) is 0 Å². The van der Waals surface area contributed by atoms with Crippen molar-refractivity contribution in [1.29, 1.82) is 0 Å². The van der Waals surface area contributed by atoms with Crippen LogP contribution in [-0.4, -0.2) is 49.8 Å². The van der Waals surface area contributed by atoms with Crippen LogP contribution in [-0.2, 0) is 13.3 Å². The molecule has 0 unspecified atom stereocenters. The van der Waals surface area contributed by atoms with Crippen LogP contribution in [0.2, 0.25) is 6.04 Å². The van der Waals surface area contributed by atoms with Crippen molar-refractivity contribution in [2.75, 3.05) is 41.0 Å². The van der Waals surface area contributed by atoms with Crippen LogP contribution in [0.1, 0.15) is 7.85 Å². The standard InChI is InChI=1S/C8H22N2O3Si.Na.H/c1-11-14(12-2,13-3)8-4-6-10-7-5-9;;/h10H,4-9H2,1-3H3;;/q;+1;-1. The van der Waals surface area contributed by atoms with E-state index >= 15 is 0 Å². The third kappa shape index (κ3) is 7.84. The molecule has 0 aromatic heterocycles. The molecule has 0 spiro atoms. The average molecular weight is 246 g/mol. The zero-order valence-electron chi connectivity index (χ0n) is 11.3. The van der Waals surface area contributed by atoms with E-state index in [1.165, 1.54) is 0 Å². The smallest absolute Gasteiger partial charge is 1.00 e. The predicted molar refractivity (Wildman–Crippen MR) is 59.2 cm³/mol. The molecule has 0 radical (unpaired) electrons. The summed E-state index contributed by atoms with van der Waals surface area (Å²) in [4.78, 5) is 0. The van der Waals surface area contributed by atoms with Gasteiger partial charge in [-0.1, -0.05) is 0 Å². The molecule has 0 bridgehead atoms. The summed E-state index contributed by atoms with van der Waals surface area (Å²) in [6.45, 7) is 2.44. The molecular formula is C8H23N2NaO3Si. The van der Waals surface area contributed by atoms with E-state index in [1.54, 1.807) is 21.3 Å². The number of rotatable bonds is 9. The van der Waals surface area contributed by atoms with Gasteiger partial charge in [0.1, 0.15) is 0 Å². The van der Waals surface area contributed by atoms with Crippen molar-refractivity contribution in [3.8, 4) is 0 Å². The van der Waals surface area contributed by atoms with Crippen molar-refractivity contribution in [2.45, 2.75) is 12.5 Å². The second kappa shape index (κ2) is 11.5. The van der Waals surface area contributed by atoms with Crippen LogP contribution in [0, 0.1) is 0 Å². The van der Waals surface area contributed by atoms with Crippen LogP contribution in [0.5, 0.6) is 0 Å². The van der Waals surface area contributed by atoms with Gasteiger partial charge in [-0.2, -0.15) is 0 Å². The van der Waals surface area contributed by atoms with Crippen LogP contribution in [0.3, 0.4) is 0 Å². The first kappa shape index (κ1) is 18.4. The van der Waals surface area contributed by atoms with Gasteiger partial charge in [0.2, 0.25) is 0 Å². The summed E-state index contributed by atoms with van der Waals surface area (Å²) in [6.07, 6.45) is 0.974. The number of hydrogen-bond donors (Lipinski definition) is 2. The van der Waals surface area contributed by atoms with Crippen LogP contribution < -0.4 is 40.6 Å². The maximum atomic E-state index is 5.35. The number of nitrogens with one attached hydrogen (secondary N) is 1. The molecule has 0 atom stereocenters. The Hall–Kier alpha value is 1.02. The van der Waals surface area contributed by atoms with Gasteiger partial charge in [0.05, 0.1) is 0 Å². The van der Waals surface area contributed by atoms with Gasteiger partial charge >= 0.3 is 38.4 Å². The van der Waals surface area contributed by atoms with Gasteiger partial charge in [-0.25, -0.2) is 0 Å². The third-order valence-electron chi connectivity index (χ3n) is 2.09. The van der Waals surface area contributed by atoms with E-state index < -0.39 is 8.80 Å². The van der Waals surface area contributed by atoms with Gasteiger partial charge in [-0.3, -0.25) is 0 Å². The fourth-order valence-electron chi connectivity index (χ4n) is 1.21. The Morgan fingerprint density at radius 2 is 1.67 bits per heavy atom. The minimum absolute atomic E-state index is 0. The molecule has 15 heavy (non-hydrogen) atoms. The summed E-state index contributed by atoms with van der Waals surface area (Å²) in [6, 6.07) is 0.827. The second-order valence-corrected chi connectivity index (χ2v) is 6.03. The largest absolute Gasteiger partial charge is 1.00 e. The van der Waals surface area contributed by atoms with Gasteiger partial charge in [0, 0.05) is 40.5 Å². The first-order valence-electron chi connectivity index (χ1n) is 4.81. The van der Waals surface area contributed by atoms with Gasteiger partial charge in [-0.05, 0) is 13.0 Å². The van der Waals surface area contributed by atoms with Crippen LogP contribution in [0.15, 0.2) is 0 Å². The molecule has 0 saturated carbocycles. The monoisotopic (exact) mass is 246 g/mol. The maximum absolute atomic E-state index is 5.35. The van der Waals surface area contributed by atoms with E-state index in [0.29, 0.717) is 6.54 Å². The zero-order chi connectivity index (χ0) is 10.9. The van der Waals surface area contributed by atoms with Gasteiger partial charge in [0.25, 0.3) is 0 Å². The summed E-state index contributed by atoms with van der Waals surface area (Å²) < 4.78 is 15.9. The summed E-state index contributed by atoms with van der Waals surface area (Å²) >= 11 is 0. The van der Waals surface area contributed by atoms with Gasteiger partial charge < -0.3 is 25.8 Å². The molecule has 3 N–H and O–H groups in total. The topological polar surface area (TPSA) is 65.7 Å². The third-order valence-corrected chi connectivity index (χ3v) is 4.92. The maximum Gasteiger partial charge on any atom is 1.00 e. The Balaban J connectivity index is -0.000000845. The Labute approximate surface area is 117 Å². The SMILES string of the molecule is CO[Si](CCCNCCN)(OC)OC.[H-].[Na+]. The molecular weight excluding hydrogens is 223 g/mol. The molecule has 0 saturated heterocycles.